The van der Waals surface area contributed by atoms with Crippen LogP contribution in [0.5, 0.6) is 5.75 Å². The van der Waals surface area contributed by atoms with Crippen molar-refractivity contribution in [2.45, 2.75) is 6.42 Å². The minimum absolute atomic E-state index is 0.0227. The molecule has 1 heterocycles. The van der Waals surface area contributed by atoms with E-state index in [-0.39, 0.29) is 35.5 Å². The van der Waals surface area contributed by atoms with Crippen LogP contribution in [-0.4, -0.2) is 28.2 Å². The van der Waals surface area contributed by atoms with Crippen LogP contribution < -0.4 is 15.7 Å². The highest BCUT2D eigenvalue weighted by Crippen LogP contribution is 2.20. The molecule has 1 N–H and O–H groups in total. The van der Waals surface area contributed by atoms with Gasteiger partial charge in [-0.15, -0.1) is 0 Å². The van der Waals surface area contributed by atoms with Crippen LogP contribution in [0.2, 0.25) is 10.0 Å². The second-order valence-corrected chi connectivity index (χ2v) is 7.17. The van der Waals surface area contributed by atoms with E-state index >= 15 is 0 Å². The van der Waals surface area contributed by atoms with Gasteiger partial charge in [0.2, 0.25) is 0 Å². The van der Waals surface area contributed by atoms with E-state index in [4.69, 9.17) is 27.9 Å². The summed E-state index contributed by atoms with van der Waals surface area (Å²) >= 11 is 11.5. The summed E-state index contributed by atoms with van der Waals surface area (Å²) in [6.45, 7) is 3.89. The van der Waals surface area contributed by atoms with Crippen molar-refractivity contribution in [3.63, 3.8) is 0 Å². The lowest BCUT2D eigenvalue weighted by Crippen LogP contribution is -2.30. The third-order valence-corrected chi connectivity index (χ3v) is 4.78. The molecule has 0 saturated carbocycles. The highest BCUT2D eigenvalue weighted by atomic mass is 35.5. The lowest BCUT2D eigenvalue weighted by atomic mass is 10.3. The number of carbonyl (C=O) groups excluding carboxylic acids is 1. The zero-order chi connectivity index (χ0) is 21.7. The van der Waals surface area contributed by atoms with E-state index < -0.39 is 5.82 Å². The predicted molar refractivity (Wildman–Crippen MR) is 115 cm³/mol. The molecule has 2 aromatic carbocycles. The highest BCUT2D eigenvalue weighted by molar-refractivity contribution is 6.31. The van der Waals surface area contributed by atoms with Crippen molar-refractivity contribution < 1.29 is 13.9 Å². The molecule has 3 aromatic rings. The molecule has 0 fully saturated rings. The number of halogens is 3. The van der Waals surface area contributed by atoms with Gasteiger partial charge in [0.1, 0.15) is 11.6 Å². The number of hydrogen-bond donors (Lipinski definition) is 1. The maximum atomic E-state index is 13.4. The van der Waals surface area contributed by atoms with Crippen LogP contribution in [-0.2, 0) is 4.79 Å². The summed E-state index contributed by atoms with van der Waals surface area (Å²) in [6, 6.07) is 10.8. The Balaban J connectivity index is 1.49. The maximum absolute atomic E-state index is 13.4. The van der Waals surface area contributed by atoms with E-state index in [1.54, 1.807) is 36.7 Å². The molecule has 0 aliphatic carbocycles. The summed E-state index contributed by atoms with van der Waals surface area (Å²) in [5, 5.41) is 3.22. The molecule has 0 atom stereocenters. The summed E-state index contributed by atoms with van der Waals surface area (Å²) in [6.07, 6.45) is 3.60. The molecule has 156 valence electrons. The van der Waals surface area contributed by atoms with Gasteiger partial charge in [-0.3, -0.25) is 13.9 Å². The van der Waals surface area contributed by atoms with Crippen LogP contribution >= 0.6 is 23.2 Å². The van der Waals surface area contributed by atoms with Gasteiger partial charge in [-0.05, 0) is 36.4 Å². The molecule has 30 heavy (non-hydrogen) atoms. The van der Waals surface area contributed by atoms with Gasteiger partial charge >= 0.3 is 5.69 Å². The van der Waals surface area contributed by atoms with Gasteiger partial charge in [-0.25, -0.2) is 9.18 Å². The number of hydrogen-bond acceptors (Lipinski definition) is 3. The molecule has 1 aromatic heterocycles. The van der Waals surface area contributed by atoms with Gasteiger partial charge in [0.15, 0.2) is 6.61 Å². The van der Waals surface area contributed by atoms with Crippen molar-refractivity contribution in [3.05, 3.63) is 87.8 Å². The second-order valence-electron chi connectivity index (χ2n) is 6.33. The molecule has 0 saturated heterocycles. The van der Waals surface area contributed by atoms with Crippen molar-refractivity contribution in [2.24, 2.45) is 0 Å². The van der Waals surface area contributed by atoms with Gasteiger partial charge < -0.3 is 10.1 Å². The number of carbonyl (C=O) groups is 1. The van der Waals surface area contributed by atoms with Gasteiger partial charge in [0.05, 0.1) is 10.7 Å². The topological polar surface area (TPSA) is 65.3 Å². The lowest BCUT2D eigenvalue weighted by Gasteiger charge is -2.09. The van der Waals surface area contributed by atoms with Crippen LogP contribution in [0.1, 0.15) is 6.42 Å². The Morgan fingerprint density at radius 1 is 1.13 bits per heavy atom. The molecule has 3 rings (SSSR count). The average Bonchev–Trinajstić information content (AvgIpc) is 3.11. The predicted octanol–water partition coefficient (Wildman–Crippen LogP) is 4.14. The Morgan fingerprint density at radius 3 is 2.57 bits per heavy atom. The first-order chi connectivity index (χ1) is 14.3. The fourth-order valence-corrected chi connectivity index (χ4v) is 2.89. The number of ether oxygens (including phenoxy) is 1. The van der Waals surface area contributed by atoms with Crippen molar-refractivity contribution in [1.82, 2.24) is 14.5 Å². The minimum Gasteiger partial charge on any atom is -0.484 e. The number of rotatable bonds is 8. The molecular weight excluding hydrogens is 432 g/mol. The van der Waals surface area contributed by atoms with Crippen LogP contribution in [0.3, 0.4) is 0 Å². The molecule has 6 nitrogen and oxygen atoms in total. The number of imidazole rings is 1. The third kappa shape index (κ3) is 5.31. The maximum Gasteiger partial charge on any atom is 0.337 e. The summed E-state index contributed by atoms with van der Waals surface area (Å²) in [4.78, 5) is 24.5. The fourth-order valence-electron chi connectivity index (χ4n) is 2.65. The monoisotopic (exact) mass is 449 g/mol. The van der Waals surface area contributed by atoms with Gasteiger partial charge in [-0.2, -0.15) is 0 Å². The van der Waals surface area contributed by atoms with Crippen molar-refractivity contribution in [1.29, 1.82) is 0 Å². The molecule has 1 amide bonds. The van der Waals surface area contributed by atoms with Crippen molar-refractivity contribution >= 4 is 34.8 Å². The zero-order valence-corrected chi connectivity index (χ0v) is 17.3. The Morgan fingerprint density at radius 2 is 1.87 bits per heavy atom. The Kier molecular flexibility index (Phi) is 6.97. The molecule has 0 bridgehead atoms. The molecule has 0 spiro atoms. The van der Waals surface area contributed by atoms with Crippen LogP contribution in [0.4, 0.5) is 4.39 Å². The average molecular weight is 450 g/mol. The zero-order valence-electron chi connectivity index (χ0n) is 15.8. The van der Waals surface area contributed by atoms with E-state index in [0.717, 1.165) is 6.07 Å². The van der Waals surface area contributed by atoms with Crippen LogP contribution in [0.25, 0.3) is 11.4 Å². The van der Waals surface area contributed by atoms with Crippen molar-refractivity contribution in [2.75, 3.05) is 13.2 Å². The minimum atomic E-state index is -0.623. The first-order valence-electron chi connectivity index (χ1n) is 8.94. The van der Waals surface area contributed by atoms with E-state index in [0.29, 0.717) is 22.8 Å². The molecule has 0 radical (unpaired) electrons. The highest BCUT2D eigenvalue weighted by Gasteiger charge is 2.09. The fraction of sp³-hybridized carbons (Fsp3) is 0.143. The third-order valence-electron chi connectivity index (χ3n) is 4.22. The molecule has 0 aliphatic rings. The SMILES string of the molecule is C=C(CCNC(=O)COc1ccc(Cl)c(F)c1)n1ccn(-c2ccc(Cl)cc2)c1=O. The molecule has 9 heteroatoms. The summed E-state index contributed by atoms with van der Waals surface area (Å²) < 4.78 is 21.5. The largest absolute Gasteiger partial charge is 0.484 e. The second kappa shape index (κ2) is 9.65. The van der Waals surface area contributed by atoms with E-state index in [9.17, 15) is 14.0 Å². The quantitative estimate of drug-likeness (QED) is 0.561. The number of benzene rings is 2. The van der Waals surface area contributed by atoms with E-state index in [2.05, 4.69) is 11.9 Å². The standard InChI is InChI=1S/C21H18Cl2FN3O3/c1-14(26-10-11-27(21(26)29)16-4-2-15(22)3-5-16)8-9-25-20(28)13-30-17-6-7-18(23)19(24)12-17/h2-7,10-12H,1,8-9,13H2,(H,25,28). The van der Waals surface area contributed by atoms with Gasteiger partial charge in [0.25, 0.3) is 5.91 Å². The summed E-state index contributed by atoms with van der Waals surface area (Å²) in [7, 11) is 0. The van der Waals surface area contributed by atoms with E-state index in [1.165, 1.54) is 21.3 Å². The Bertz CT molecular complexity index is 1120. The Labute approximate surface area is 182 Å². The summed E-state index contributed by atoms with van der Waals surface area (Å²) in [5.74, 6) is -0.808. The van der Waals surface area contributed by atoms with Gasteiger partial charge in [-0.1, -0.05) is 29.8 Å². The molecule has 0 unspecified atom stereocenters. The first-order valence-corrected chi connectivity index (χ1v) is 9.69. The number of nitrogens with zero attached hydrogens (tertiary/aromatic N) is 2. The number of amides is 1. The smallest absolute Gasteiger partial charge is 0.337 e. The van der Waals surface area contributed by atoms with Gasteiger partial charge in [0, 0.05) is 42.1 Å². The summed E-state index contributed by atoms with van der Waals surface area (Å²) in [5.41, 5.74) is 0.926. The molecule has 0 aliphatic heterocycles. The van der Waals surface area contributed by atoms with E-state index in [1.807, 2.05) is 0 Å². The normalized spacial score (nSPS) is 10.6. The van der Waals surface area contributed by atoms with Crippen molar-refractivity contribution in [3.8, 4) is 11.4 Å². The van der Waals surface area contributed by atoms with Crippen LogP contribution in [0, 0.1) is 5.82 Å². The number of nitrogens with one attached hydrogen (secondary N) is 1. The lowest BCUT2D eigenvalue weighted by molar-refractivity contribution is -0.123. The van der Waals surface area contributed by atoms with Crippen LogP contribution in [0.15, 0.2) is 66.2 Å². The molecular formula is C21H18Cl2FN3O3. The number of aromatic nitrogens is 2. The Hall–Kier alpha value is -3.03. The first kappa shape index (κ1) is 21.7.